The fraction of sp³-hybridized carbons (Fsp3) is 0.400. The molecular weight excluding hydrogens is 381 g/mol. The predicted octanol–water partition coefficient (Wildman–Crippen LogP) is 5.65. The van der Waals surface area contributed by atoms with Gasteiger partial charge in [-0.05, 0) is 85.4 Å². The molecule has 4 nitrogen and oxygen atoms in total. The van der Waals surface area contributed by atoms with Crippen LogP contribution in [0.4, 0.5) is 4.39 Å². The molecular formula is C25H28FNO3. The van der Waals surface area contributed by atoms with Gasteiger partial charge in [-0.2, -0.15) is 0 Å². The van der Waals surface area contributed by atoms with Gasteiger partial charge in [0.05, 0.1) is 6.10 Å². The number of pyridine rings is 1. The number of rotatable bonds is 5. The third-order valence-electron chi connectivity index (χ3n) is 6.35. The molecule has 3 aromatic rings. The van der Waals surface area contributed by atoms with E-state index in [0.29, 0.717) is 12.4 Å². The van der Waals surface area contributed by atoms with Crippen molar-refractivity contribution in [3.8, 4) is 5.75 Å². The molecule has 1 aliphatic heterocycles. The molecule has 30 heavy (non-hydrogen) atoms. The lowest BCUT2D eigenvalue weighted by molar-refractivity contribution is -0.0118. The molecule has 0 saturated carbocycles. The van der Waals surface area contributed by atoms with Crippen LogP contribution in [0.5, 0.6) is 5.75 Å². The number of aromatic nitrogens is 1. The summed E-state index contributed by atoms with van der Waals surface area (Å²) in [6.45, 7) is 6.88. The summed E-state index contributed by atoms with van der Waals surface area (Å²) < 4.78 is 26.4. The first-order valence-corrected chi connectivity index (χ1v) is 10.6. The molecule has 2 heterocycles. The molecule has 158 valence electrons. The molecule has 1 aliphatic rings. The van der Waals surface area contributed by atoms with Crippen molar-refractivity contribution >= 4 is 10.9 Å². The zero-order chi connectivity index (χ0) is 21.3. The molecule has 3 atom stereocenters. The lowest BCUT2D eigenvalue weighted by atomic mass is 9.70. The monoisotopic (exact) mass is 409 g/mol. The van der Waals surface area contributed by atoms with Crippen LogP contribution in [0.3, 0.4) is 0 Å². The van der Waals surface area contributed by atoms with Crippen LogP contribution in [0.1, 0.15) is 57.3 Å². The second kappa shape index (κ2) is 8.23. The Hall–Kier alpha value is -2.66. The summed E-state index contributed by atoms with van der Waals surface area (Å²) in [5, 5.41) is 0.934. The first kappa shape index (κ1) is 20.6. The molecule has 1 N–H and O–H groups in total. The number of nitrogens with one attached hydrogen (secondary N) is 1. The van der Waals surface area contributed by atoms with E-state index in [1.54, 1.807) is 12.1 Å². The zero-order valence-corrected chi connectivity index (χ0v) is 17.7. The number of benzene rings is 2. The predicted molar refractivity (Wildman–Crippen MR) is 117 cm³/mol. The van der Waals surface area contributed by atoms with Gasteiger partial charge in [0.25, 0.3) is 0 Å². The average molecular weight is 410 g/mol. The Morgan fingerprint density at radius 3 is 2.83 bits per heavy atom. The highest BCUT2D eigenvalue weighted by Crippen LogP contribution is 2.41. The number of hydrogen-bond donors (Lipinski definition) is 1. The van der Waals surface area contributed by atoms with E-state index < -0.39 is 0 Å². The molecule has 1 saturated heterocycles. The molecule has 1 fully saturated rings. The summed E-state index contributed by atoms with van der Waals surface area (Å²) in [4.78, 5) is 14.3. The van der Waals surface area contributed by atoms with E-state index in [1.165, 1.54) is 12.1 Å². The Labute approximate surface area is 176 Å². The summed E-state index contributed by atoms with van der Waals surface area (Å²) in [5.74, 6) is 0.254. The lowest BCUT2D eigenvalue weighted by Gasteiger charge is -2.40. The third-order valence-corrected chi connectivity index (χ3v) is 6.35. The van der Waals surface area contributed by atoms with Gasteiger partial charge in [-0.1, -0.05) is 13.0 Å². The van der Waals surface area contributed by atoms with Crippen molar-refractivity contribution < 1.29 is 13.9 Å². The van der Waals surface area contributed by atoms with Crippen LogP contribution in [0.25, 0.3) is 10.9 Å². The van der Waals surface area contributed by atoms with Gasteiger partial charge < -0.3 is 14.5 Å². The summed E-state index contributed by atoms with van der Waals surface area (Å²) in [6.07, 6.45) is 2.60. The molecule has 0 amide bonds. The maximum Gasteiger partial charge on any atom is 0.248 e. The van der Waals surface area contributed by atoms with E-state index in [4.69, 9.17) is 9.47 Å². The average Bonchev–Trinajstić information content (AvgIpc) is 2.72. The van der Waals surface area contributed by atoms with E-state index in [1.807, 2.05) is 31.2 Å². The Morgan fingerprint density at radius 1 is 1.23 bits per heavy atom. The van der Waals surface area contributed by atoms with Gasteiger partial charge in [-0.25, -0.2) is 4.39 Å². The van der Waals surface area contributed by atoms with Gasteiger partial charge in [-0.15, -0.1) is 0 Å². The number of fused-ring (bicyclic) bond motifs is 1. The molecule has 5 heteroatoms. The highest BCUT2D eigenvalue weighted by molar-refractivity contribution is 5.79. The Morgan fingerprint density at radius 2 is 2.07 bits per heavy atom. The minimum Gasteiger partial charge on any atom is -0.486 e. The van der Waals surface area contributed by atoms with Crippen molar-refractivity contribution in [2.24, 2.45) is 0 Å². The standard InChI is InChI=1S/C25H28FNO3/c1-4-25(9-10-29-16(2)15-25)20-12-21(26)14-22(13-20)30-17(3)18-5-7-23-19(11-18)6-8-24(28)27-23/h5-8,11-14,16-17H,4,9-10,15H2,1-3H3,(H,27,28). The van der Waals surface area contributed by atoms with E-state index in [-0.39, 0.29) is 29.0 Å². The van der Waals surface area contributed by atoms with Gasteiger partial charge in [0.15, 0.2) is 0 Å². The summed E-state index contributed by atoms with van der Waals surface area (Å²) in [6, 6.07) is 14.2. The molecule has 0 radical (unpaired) electrons. The van der Waals surface area contributed by atoms with Crippen LogP contribution in [0.15, 0.2) is 53.3 Å². The molecule has 2 aromatic carbocycles. The van der Waals surface area contributed by atoms with Crippen molar-refractivity contribution in [2.45, 2.75) is 57.7 Å². The SMILES string of the molecule is CCC1(c2cc(F)cc(OC(C)c3ccc4[nH]c(=O)ccc4c3)c2)CCOC(C)C1. The minimum atomic E-state index is -0.280. The smallest absolute Gasteiger partial charge is 0.248 e. The number of hydrogen-bond acceptors (Lipinski definition) is 3. The second-order valence-electron chi connectivity index (χ2n) is 8.37. The van der Waals surface area contributed by atoms with Gasteiger partial charge in [0.2, 0.25) is 5.56 Å². The lowest BCUT2D eigenvalue weighted by Crippen LogP contribution is -2.37. The van der Waals surface area contributed by atoms with Crippen LogP contribution < -0.4 is 10.3 Å². The maximum atomic E-state index is 14.5. The largest absolute Gasteiger partial charge is 0.486 e. The van der Waals surface area contributed by atoms with Gasteiger partial charge in [0.1, 0.15) is 17.7 Å². The summed E-state index contributed by atoms with van der Waals surface area (Å²) in [5.41, 5.74) is 2.52. The topological polar surface area (TPSA) is 51.3 Å². The van der Waals surface area contributed by atoms with Gasteiger partial charge in [-0.3, -0.25) is 4.79 Å². The molecule has 1 aromatic heterocycles. The van der Waals surface area contributed by atoms with E-state index in [0.717, 1.165) is 41.3 Å². The van der Waals surface area contributed by atoms with Crippen LogP contribution in [0, 0.1) is 5.82 Å². The fourth-order valence-electron chi connectivity index (χ4n) is 4.59. The van der Waals surface area contributed by atoms with Crippen molar-refractivity contribution in [1.29, 1.82) is 0 Å². The first-order chi connectivity index (χ1) is 14.4. The quantitative estimate of drug-likeness (QED) is 0.592. The highest BCUT2D eigenvalue weighted by Gasteiger charge is 2.36. The maximum absolute atomic E-state index is 14.5. The second-order valence-corrected chi connectivity index (χ2v) is 8.37. The fourth-order valence-corrected chi connectivity index (χ4v) is 4.59. The van der Waals surface area contributed by atoms with E-state index in [9.17, 15) is 9.18 Å². The molecule has 3 unspecified atom stereocenters. The number of halogens is 1. The van der Waals surface area contributed by atoms with Crippen molar-refractivity contribution in [3.05, 3.63) is 75.8 Å². The highest BCUT2D eigenvalue weighted by atomic mass is 19.1. The van der Waals surface area contributed by atoms with Crippen LogP contribution in [0.2, 0.25) is 0 Å². The van der Waals surface area contributed by atoms with Crippen molar-refractivity contribution in [2.75, 3.05) is 6.61 Å². The van der Waals surface area contributed by atoms with Crippen LogP contribution in [-0.2, 0) is 10.2 Å². The zero-order valence-electron chi connectivity index (χ0n) is 17.7. The minimum absolute atomic E-state index is 0.0874. The Kier molecular flexibility index (Phi) is 5.65. The van der Waals surface area contributed by atoms with Crippen LogP contribution >= 0.6 is 0 Å². The van der Waals surface area contributed by atoms with Gasteiger partial charge >= 0.3 is 0 Å². The molecule has 0 aliphatic carbocycles. The third kappa shape index (κ3) is 4.12. The first-order valence-electron chi connectivity index (χ1n) is 10.6. The normalized spacial score (nSPS) is 22.7. The van der Waals surface area contributed by atoms with Crippen LogP contribution in [-0.4, -0.2) is 17.7 Å². The summed E-state index contributed by atoms with van der Waals surface area (Å²) >= 11 is 0. The van der Waals surface area contributed by atoms with E-state index >= 15 is 0 Å². The van der Waals surface area contributed by atoms with E-state index in [2.05, 4.69) is 18.8 Å². The Bertz CT molecular complexity index is 1110. The Balaban J connectivity index is 1.61. The summed E-state index contributed by atoms with van der Waals surface area (Å²) in [7, 11) is 0. The molecule has 4 rings (SSSR count). The molecule has 0 bridgehead atoms. The van der Waals surface area contributed by atoms with Crippen molar-refractivity contribution in [1.82, 2.24) is 4.98 Å². The number of ether oxygens (including phenoxy) is 2. The van der Waals surface area contributed by atoms with Crippen molar-refractivity contribution in [3.63, 3.8) is 0 Å². The number of aromatic amines is 1. The number of H-pyrrole nitrogens is 1. The van der Waals surface area contributed by atoms with Gasteiger partial charge in [0, 0.05) is 24.3 Å². The molecule has 0 spiro atoms.